The van der Waals surface area contributed by atoms with Crippen LogP contribution in [0.15, 0.2) is 48.5 Å². The summed E-state index contributed by atoms with van der Waals surface area (Å²) in [5, 5.41) is 8.87. The van der Waals surface area contributed by atoms with Crippen molar-refractivity contribution in [3.05, 3.63) is 59.7 Å². The molecule has 2 aromatic carbocycles. The minimum Gasteiger partial charge on any atom is -0.479 e. The first-order chi connectivity index (χ1) is 11.9. The summed E-state index contributed by atoms with van der Waals surface area (Å²) in [4.78, 5) is 23.1. The van der Waals surface area contributed by atoms with Crippen LogP contribution in [0, 0.1) is 0 Å². The van der Waals surface area contributed by atoms with Crippen molar-refractivity contribution >= 4 is 11.9 Å². The summed E-state index contributed by atoms with van der Waals surface area (Å²) in [6.07, 6.45) is 0.180. The summed E-state index contributed by atoms with van der Waals surface area (Å²) in [5.41, 5.74) is 1.18. The van der Waals surface area contributed by atoms with Crippen molar-refractivity contribution in [3.8, 4) is 11.5 Å². The van der Waals surface area contributed by atoms with Crippen molar-refractivity contribution in [2.75, 3.05) is 0 Å². The first-order valence-corrected chi connectivity index (χ1v) is 8.23. The van der Waals surface area contributed by atoms with Crippen LogP contribution in [0.5, 0.6) is 11.5 Å². The molecule has 0 saturated carbocycles. The van der Waals surface area contributed by atoms with Gasteiger partial charge < -0.3 is 14.6 Å². The minimum absolute atomic E-state index is 0.131. The second-order valence-electron chi connectivity index (χ2n) is 5.86. The van der Waals surface area contributed by atoms with Gasteiger partial charge in [-0.25, -0.2) is 9.59 Å². The van der Waals surface area contributed by atoms with Crippen LogP contribution in [0.3, 0.4) is 0 Å². The molecule has 25 heavy (non-hydrogen) atoms. The van der Waals surface area contributed by atoms with E-state index in [0.717, 1.165) is 12.0 Å². The predicted molar refractivity (Wildman–Crippen MR) is 94.3 cm³/mol. The Morgan fingerprint density at radius 1 is 1.04 bits per heavy atom. The molecule has 0 heterocycles. The van der Waals surface area contributed by atoms with Gasteiger partial charge in [-0.3, -0.25) is 0 Å². The van der Waals surface area contributed by atoms with E-state index in [-0.39, 0.29) is 11.3 Å². The average Bonchev–Trinajstić information content (AvgIpc) is 2.61. The van der Waals surface area contributed by atoms with Crippen LogP contribution in [0.1, 0.15) is 49.0 Å². The molecule has 5 heteroatoms. The predicted octanol–water partition coefficient (Wildman–Crippen LogP) is 4.27. The van der Waals surface area contributed by atoms with Gasteiger partial charge in [-0.1, -0.05) is 32.0 Å². The van der Waals surface area contributed by atoms with Crippen LogP contribution in [-0.2, 0) is 4.79 Å². The number of carboxylic acid groups (broad SMARTS) is 1. The number of aromatic carboxylic acids is 1. The van der Waals surface area contributed by atoms with Gasteiger partial charge in [0.05, 0.1) is 5.56 Å². The molecule has 2 atom stereocenters. The molecule has 0 aliphatic carbocycles. The van der Waals surface area contributed by atoms with Crippen LogP contribution >= 0.6 is 0 Å². The van der Waals surface area contributed by atoms with Gasteiger partial charge in [-0.05, 0) is 55.2 Å². The molecule has 0 saturated heterocycles. The Hall–Kier alpha value is -2.82. The highest BCUT2D eigenvalue weighted by Crippen LogP contribution is 2.29. The molecule has 2 unspecified atom stereocenters. The fraction of sp³-hybridized carbons (Fsp3) is 0.300. The topological polar surface area (TPSA) is 72.8 Å². The molecule has 0 radical (unpaired) electrons. The summed E-state index contributed by atoms with van der Waals surface area (Å²) < 4.78 is 11.0. The zero-order valence-electron chi connectivity index (χ0n) is 14.6. The maximum atomic E-state index is 12.2. The van der Waals surface area contributed by atoms with E-state index in [1.165, 1.54) is 24.3 Å². The maximum Gasteiger partial charge on any atom is 0.352 e. The number of benzene rings is 2. The SMILES string of the molecule is CCC(C)c1ccccc1OC(C)C(=O)Oc1ccc(C(=O)O)cc1. The molecule has 0 amide bonds. The molecule has 2 aromatic rings. The number of carbonyl (C=O) groups is 2. The molecule has 0 aliphatic rings. The van der Waals surface area contributed by atoms with E-state index in [0.29, 0.717) is 11.7 Å². The van der Waals surface area contributed by atoms with Gasteiger partial charge in [-0.2, -0.15) is 0 Å². The van der Waals surface area contributed by atoms with Crippen LogP contribution in [0.4, 0.5) is 0 Å². The summed E-state index contributed by atoms with van der Waals surface area (Å²) in [6, 6.07) is 13.3. The molecular formula is C20H22O5. The van der Waals surface area contributed by atoms with Crippen molar-refractivity contribution in [1.29, 1.82) is 0 Å². The lowest BCUT2D eigenvalue weighted by molar-refractivity contribution is -0.141. The second-order valence-corrected chi connectivity index (χ2v) is 5.86. The van der Waals surface area contributed by atoms with Crippen molar-refractivity contribution in [2.24, 2.45) is 0 Å². The van der Waals surface area contributed by atoms with Crippen LogP contribution in [0.2, 0.25) is 0 Å². The van der Waals surface area contributed by atoms with Gasteiger partial charge in [0, 0.05) is 0 Å². The highest BCUT2D eigenvalue weighted by atomic mass is 16.6. The van der Waals surface area contributed by atoms with Crippen molar-refractivity contribution in [3.63, 3.8) is 0 Å². The van der Waals surface area contributed by atoms with Crippen molar-refractivity contribution in [2.45, 2.75) is 39.2 Å². The summed E-state index contributed by atoms with van der Waals surface area (Å²) in [7, 11) is 0. The van der Waals surface area contributed by atoms with Gasteiger partial charge >= 0.3 is 11.9 Å². The minimum atomic E-state index is -1.03. The Labute approximate surface area is 147 Å². The number of carbonyl (C=O) groups excluding carboxylic acids is 1. The number of hydrogen-bond donors (Lipinski definition) is 1. The number of esters is 1. The standard InChI is InChI=1S/C20H22O5/c1-4-13(2)17-7-5-6-8-18(17)24-14(3)20(23)25-16-11-9-15(10-12-16)19(21)22/h5-14H,4H2,1-3H3,(H,21,22). The lowest BCUT2D eigenvalue weighted by Crippen LogP contribution is -2.28. The Balaban J connectivity index is 2.04. The largest absolute Gasteiger partial charge is 0.479 e. The Morgan fingerprint density at radius 3 is 2.28 bits per heavy atom. The molecule has 5 nitrogen and oxygen atoms in total. The molecule has 0 fully saturated rings. The maximum absolute atomic E-state index is 12.2. The Kier molecular flexibility index (Phi) is 6.17. The van der Waals surface area contributed by atoms with Crippen LogP contribution in [-0.4, -0.2) is 23.1 Å². The van der Waals surface area contributed by atoms with E-state index in [1.54, 1.807) is 6.92 Å². The average molecular weight is 342 g/mol. The van der Waals surface area contributed by atoms with Crippen LogP contribution in [0.25, 0.3) is 0 Å². The molecule has 0 aromatic heterocycles. The third-order valence-corrected chi connectivity index (χ3v) is 4.02. The lowest BCUT2D eigenvalue weighted by atomic mass is 9.98. The number of carboxylic acids is 1. The highest BCUT2D eigenvalue weighted by molar-refractivity contribution is 5.87. The highest BCUT2D eigenvalue weighted by Gasteiger charge is 2.20. The fourth-order valence-corrected chi connectivity index (χ4v) is 2.32. The van der Waals surface area contributed by atoms with Gasteiger partial charge in [0.2, 0.25) is 0 Å². The zero-order chi connectivity index (χ0) is 18.4. The molecule has 2 rings (SSSR count). The summed E-state index contributed by atoms with van der Waals surface area (Å²) in [6.45, 7) is 5.83. The smallest absolute Gasteiger partial charge is 0.352 e. The quantitative estimate of drug-likeness (QED) is 0.601. The third kappa shape index (κ3) is 4.83. The van der Waals surface area contributed by atoms with E-state index in [9.17, 15) is 9.59 Å². The van der Waals surface area contributed by atoms with E-state index in [4.69, 9.17) is 14.6 Å². The number of rotatable bonds is 7. The molecule has 0 aliphatic heterocycles. The zero-order valence-corrected chi connectivity index (χ0v) is 14.6. The molecule has 1 N–H and O–H groups in total. The van der Waals surface area contributed by atoms with E-state index < -0.39 is 18.0 Å². The first-order valence-electron chi connectivity index (χ1n) is 8.23. The van der Waals surface area contributed by atoms with Gasteiger partial charge in [0.25, 0.3) is 0 Å². The van der Waals surface area contributed by atoms with Crippen LogP contribution < -0.4 is 9.47 Å². The van der Waals surface area contributed by atoms with Gasteiger partial charge in [0.1, 0.15) is 11.5 Å². The van der Waals surface area contributed by atoms with Crippen molar-refractivity contribution in [1.82, 2.24) is 0 Å². The van der Waals surface area contributed by atoms with Crippen molar-refractivity contribution < 1.29 is 24.2 Å². The number of ether oxygens (including phenoxy) is 2. The summed E-state index contributed by atoms with van der Waals surface area (Å²) >= 11 is 0. The fourth-order valence-electron chi connectivity index (χ4n) is 2.32. The number of hydrogen-bond acceptors (Lipinski definition) is 4. The van der Waals surface area contributed by atoms with E-state index in [1.807, 2.05) is 24.3 Å². The number of para-hydroxylation sites is 1. The molecule has 0 bridgehead atoms. The lowest BCUT2D eigenvalue weighted by Gasteiger charge is -2.19. The Morgan fingerprint density at radius 2 is 1.68 bits per heavy atom. The van der Waals surface area contributed by atoms with E-state index >= 15 is 0 Å². The van der Waals surface area contributed by atoms with Gasteiger partial charge in [-0.15, -0.1) is 0 Å². The molecule has 132 valence electrons. The second kappa shape index (κ2) is 8.33. The molecular weight excluding hydrogens is 320 g/mol. The summed E-state index contributed by atoms with van der Waals surface area (Å²) in [5.74, 6) is -0.301. The normalized spacial score (nSPS) is 12.9. The van der Waals surface area contributed by atoms with Gasteiger partial charge in [0.15, 0.2) is 6.10 Å². The van der Waals surface area contributed by atoms with E-state index in [2.05, 4.69) is 13.8 Å². The monoisotopic (exact) mass is 342 g/mol. The molecule has 0 spiro atoms. The Bertz CT molecular complexity index is 736. The third-order valence-electron chi connectivity index (χ3n) is 4.02. The first kappa shape index (κ1) is 18.5.